The van der Waals surface area contributed by atoms with E-state index < -0.39 is 18.2 Å². The minimum Gasteiger partial charge on any atom is -0.428 e. The van der Waals surface area contributed by atoms with Crippen molar-refractivity contribution in [1.82, 2.24) is 0 Å². The Bertz CT molecular complexity index is 1100. The molecule has 0 radical (unpaired) electrons. The fraction of sp³-hybridized carbons (Fsp3) is 0.357. The van der Waals surface area contributed by atoms with Gasteiger partial charge in [0, 0.05) is 5.56 Å². The molecule has 2 nitrogen and oxygen atoms in total. The zero-order chi connectivity index (χ0) is 25.1. The number of hydrogen-bond donors (Lipinski definition) is 0. The highest BCUT2D eigenvalue weighted by Gasteiger charge is 2.36. The first-order chi connectivity index (χ1) is 16.6. The summed E-state index contributed by atoms with van der Waals surface area (Å²) in [6.45, 7) is 2.21. The lowest BCUT2D eigenvalue weighted by molar-refractivity contribution is -0.274. The Morgan fingerprint density at radius 2 is 1.37 bits per heavy atom. The number of hydrogen-bond acceptors (Lipinski definition) is 2. The number of halogens is 5. The molecule has 0 aliphatic heterocycles. The van der Waals surface area contributed by atoms with E-state index in [9.17, 15) is 13.2 Å². The number of benzene rings is 3. The van der Waals surface area contributed by atoms with Crippen LogP contribution in [0.5, 0.6) is 11.5 Å². The lowest BCUT2D eigenvalue weighted by Gasteiger charge is -2.28. The molecule has 3 aromatic carbocycles. The predicted molar refractivity (Wildman–Crippen MR) is 125 cm³/mol. The smallest absolute Gasteiger partial charge is 0.428 e. The van der Waals surface area contributed by atoms with Gasteiger partial charge in [-0.05, 0) is 79.0 Å². The van der Waals surface area contributed by atoms with Crippen molar-refractivity contribution < 1.29 is 31.4 Å². The zero-order valence-corrected chi connectivity index (χ0v) is 19.3. The van der Waals surface area contributed by atoms with E-state index >= 15 is 8.78 Å². The molecular weight excluding hydrogens is 463 g/mol. The monoisotopic (exact) mass is 490 g/mol. The third kappa shape index (κ3) is 6.32. The first-order valence-electron chi connectivity index (χ1n) is 11.8. The maximum absolute atomic E-state index is 15.1. The molecule has 0 heterocycles. The summed E-state index contributed by atoms with van der Waals surface area (Å²) in [5.41, 5.74) is 1.56. The lowest BCUT2D eigenvalue weighted by atomic mass is 9.78. The molecule has 1 aliphatic rings. The van der Waals surface area contributed by atoms with Crippen molar-refractivity contribution in [3.8, 4) is 22.6 Å². The summed E-state index contributed by atoms with van der Waals surface area (Å²) in [6.07, 6.45) is -2.73. The molecule has 1 saturated carbocycles. The van der Waals surface area contributed by atoms with Crippen LogP contribution in [-0.4, -0.2) is 6.36 Å². The van der Waals surface area contributed by atoms with E-state index in [1.807, 2.05) is 0 Å². The van der Waals surface area contributed by atoms with E-state index in [1.54, 1.807) is 30.3 Å². The van der Waals surface area contributed by atoms with E-state index in [-0.39, 0.29) is 11.3 Å². The van der Waals surface area contributed by atoms with Crippen LogP contribution in [0.1, 0.15) is 56.1 Å². The normalized spacial score (nSPS) is 18.8. The third-order valence-electron chi connectivity index (χ3n) is 6.67. The lowest BCUT2D eigenvalue weighted by Crippen LogP contribution is -2.22. The maximum Gasteiger partial charge on any atom is 0.573 e. The summed E-state index contributed by atoms with van der Waals surface area (Å²) >= 11 is 0. The van der Waals surface area contributed by atoms with Gasteiger partial charge in [-0.1, -0.05) is 55.8 Å². The Balaban J connectivity index is 1.49. The number of rotatable bonds is 7. The Hall–Kier alpha value is -3.09. The molecule has 0 aromatic heterocycles. The highest BCUT2D eigenvalue weighted by atomic mass is 19.4. The number of ether oxygens (including phenoxy) is 2. The van der Waals surface area contributed by atoms with Gasteiger partial charge in [-0.15, -0.1) is 13.2 Å². The fourth-order valence-electron chi connectivity index (χ4n) is 4.68. The van der Waals surface area contributed by atoms with E-state index in [1.165, 1.54) is 49.6 Å². The molecule has 1 aliphatic carbocycles. The standard InChI is InChI=1S/C28H27F5O2/c1-2-19-7-9-20(10-8-19)21-11-15-23(16-12-21)27(29,30)35-26-6-4-3-5-25(26)22-13-17-24(18-14-22)34-28(31,32)33/h3-6,11-20H,2,7-10H2,1H3/t19-,20-. The molecule has 0 saturated heterocycles. The fourth-order valence-corrected chi connectivity index (χ4v) is 4.68. The van der Waals surface area contributed by atoms with Crippen LogP contribution in [0.3, 0.4) is 0 Å². The van der Waals surface area contributed by atoms with Crippen LogP contribution in [0.4, 0.5) is 22.0 Å². The molecule has 0 N–H and O–H groups in total. The predicted octanol–water partition coefficient (Wildman–Crippen LogP) is 9.06. The minimum absolute atomic E-state index is 0.0797. The molecule has 0 atom stereocenters. The van der Waals surface area contributed by atoms with Gasteiger partial charge in [0.1, 0.15) is 11.5 Å². The summed E-state index contributed by atoms with van der Waals surface area (Å²) in [4.78, 5) is 0. The summed E-state index contributed by atoms with van der Waals surface area (Å²) in [5.74, 6) is 0.681. The van der Waals surface area contributed by atoms with Gasteiger partial charge in [-0.25, -0.2) is 0 Å². The Morgan fingerprint density at radius 3 is 1.97 bits per heavy atom. The van der Waals surface area contributed by atoms with Gasteiger partial charge in [-0.2, -0.15) is 8.78 Å². The molecule has 1 fully saturated rings. The molecule has 0 amide bonds. The largest absolute Gasteiger partial charge is 0.573 e. The molecule has 35 heavy (non-hydrogen) atoms. The molecule has 3 aromatic rings. The van der Waals surface area contributed by atoms with E-state index in [0.717, 1.165) is 36.5 Å². The van der Waals surface area contributed by atoms with Crippen molar-refractivity contribution in [3.05, 3.63) is 83.9 Å². The van der Waals surface area contributed by atoms with Crippen LogP contribution in [0.25, 0.3) is 11.1 Å². The van der Waals surface area contributed by atoms with Gasteiger partial charge in [0.05, 0.1) is 5.56 Å². The summed E-state index contributed by atoms with van der Waals surface area (Å²) < 4.78 is 76.4. The van der Waals surface area contributed by atoms with Crippen molar-refractivity contribution in [2.75, 3.05) is 0 Å². The Morgan fingerprint density at radius 1 is 0.743 bits per heavy atom. The second-order valence-corrected chi connectivity index (χ2v) is 8.94. The van der Waals surface area contributed by atoms with Crippen molar-refractivity contribution in [1.29, 1.82) is 0 Å². The average molecular weight is 491 g/mol. The van der Waals surface area contributed by atoms with Crippen molar-refractivity contribution >= 4 is 0 Å². The van der Waals surface area contributed by atoms with Crippen LogP contribution < -0.4 is 9.47 Å². The quantitative estimate of drug-likeness (QED) is 0.308. The summed E-state index contributed by atoms with van der Waals surface area (Å²) in [6, 6.07) is 17.5. The molecule has 186 valence electrons. The van der Waals surface area contributed by atoms with Gasteiger partial charge in [0.25, 0.3) is 0 Å². The summed E-state index contributed by atoms with van der Waals surface area (Å²) in [7, 11) is 0. The molecule has 0 spiro atoms. The second-order valence-electron chi connectivity index (χ2n) is 8.94. The van der Waals surface area contributed by atoms with Gasteiger partial charge < -0.3 is 9.47 Å². The van der Waals surface area contributed by atoms with Gasteiger partial charge >= 0.3 is 12.5 Å². The molecule has 0 bridgehead atoms. The van der Waals surface area contributed by atoms with Crippen LogP contribution in [0.2, 0.25) is 0 Å². The summed E-state index contributed by atoms with van der Waals surface area (Å²) in [5, 5.41) is 0. The Labute approximate surface area is 201 Å². The van der Waals surface area contributed by atoms with E-state index in [4.69, 9.17) is 4.74 Å². The van der Waals surface area contributed by atoms with Crippen molar-refractivity contribution in [3.63, 3.8) is 0 Å². The van der Waals surface area contributed by atoms with Crippen molar-refractivity contribution in [2.45, 2.75) is 57.4 Å². The highest BCUT2D eigenvalue weighted by molar-refractivity contribution is 5.71. The van der Waals surface area contributed by atoms with Gasteiger partial charge in [0.2, 0.25) is 0 Å². The molecule has 4 rings (SSSR count). The van der Waals surface area contributed by atoms with Crippen LogP contribution in [0.15, 0.2) is 72.8 Å². The van der Waals surface area contributed by atoms with Crippen LogP contribution in [-0.2, 0) is 6.11 Å². The minimum atomic E-state index is -4.81. The second kappa shape index (κ2) is 10.3. The zero-order valence-electron chi connectivity index (χ0n) is 19.3. The topological polar surface area (TPSA) is 18.5 Å². The third-order valence-corrected chi connectivity index (χ3v) is 6.67. The maximum atomic E-state index is 15.1. The molecule has 7 heteroatoms. The van der Waals surface area contributed by atoms with E-state index in [2.05, 4.69) is 11.7 Å². The Kier molecular flexibility index (Phi) is 7.33. The first-order valence-corrected chi connectivity index (χ1v) is 11.8. The molecular formula is C28H27F5O2. The SMILES string of the molecule is CC[C@H]1CC[C@H](c2ccc(C(F)(F)Oc3ccccc3-c3ccc(OC(F)(F)F)cc3)cc2)CC1. The first kappa shape index (κ1) is 25.0. The molecule has 0 unspecified atom stereocenters. The van der Waals surface area contributed by atoms with Gasteiger partial charge in [-0.3, -0.25) is 0 Å². The average Bonchev–Trinajstić information content (AvgIpc) is 2.84. The van der Waals surface area contributed by atoms with Gasteiger partial charge in [0.15, 0.2) is 0 Å². The number of alkyl halides is 5. The highest BCUT2D eigenvalue weighted by Crippen LogP contribution is 2.40. The van der Waals surface area contributed by atoms with Crippen LogP contribution in [0, 0.1) is 5.92 Å². The van der Waals surface area contributed by atoms with E-state index in [0.29, 0.717) is 17.0 Å². The van der Waals surface area contributed by atoms with Crippen molar-refractivity contribution in [2.24, 2.45) is 5.92 Å². The van der Waals surface area contributed by atoms with Crippen LogP contribution >= 0.6 is 0 Å². The number of para-hydroxylation sites is 1.